The highest BCUT2D eigenvalue weighted by Gasteiger charge is 2.02. The van der Waals surface area contributed by atoms with Gasteiger partial charge in [-0.05, 0) is 0 Å². The van der Waals surface area contributed by atoms with Gasteiger partial charge in [-0.15, -0.1) is 0 Å². The van der Waals surface area contributed by atoms with Crippen LogP contribution in [0.15, 0.2) is 49.1 Å². The molecule has 2 rings (SSSR count). The summed E-state index contributed by atoms with van der Waals surface area (Å²) in [6, 6.07) is 9.67. The number of ether oxygens (including phenoxy) is 1. The van der Waals surface area contributed by atoms with Crippen LogP contribution in [-0.4, -0.2) is 40.4 Å². The molecule has 0 unspecified atom stereocenters. The summed E-state index contributed by atoms with van der Waals surface area (Å²) in [5.74, 6) is -1.00. The Labute approximate surface area is 127 Å². The molecule has 0 atom stereocenters. The second-order valence-corrected chi connectivity index (χ2v) is 4.32. The second kappa shape index (κ2) is 8.60. The van der Waals surface area contributed by atoms with Gasteiger partial charge in [0.1, 0.15) is 6.61 Å². The van der Waals surface area contributed by atoms with Gasteiger partial charge in [-0.2, -0.15) is 0 Å². The fourth-order valence-electron chi connectivity index (χ4n) is 1.66. The maximum Gasteiger partial charge on any atom is 0.329 e. The Balaban J connectivity index is 1.90. The molecular formula is C15H17N3O4. The molecular weight excluding hydrogens is 286 g/mol. The number of nitrogens with zero attached hydrogens (tertiary/aromatic N) is 2. The third-order valence-corrected chi connectivity index (χ3v) is 2.63. The van der Waals surface area contributed by atoms with Crippen LogP contribution in [0.4, 0.5) is 0 Å². The Bertz CT molecular complexity index is 597. The van der Waals surface area contributed by atoms with Crippen molar-refractivity contribution in [2.45, 2.75) is 0 Å². The van der Waals surface area contributed by atoms with Crippen molar-refractivity contribution in [2.24, 2.45) is 0 Å². The predicted octanol–water partition coefficient (Wildman–Crippen LogP) is 1.46. The summed E-state index contributed by atoms with van der Waals surface area (Å²) in [5, 5.41) is 8.45. The van der Waals surface area contributed by atoms with E-state index in [9.17, 15) is 4.79 Å². The van der Waals surface area contributed by atoms with Gasteiger partial charge in [0.15, 0.2) is 0 Å². The number of aromatic nitrogens is 2. The molecule has 7 heteroatoms. The van der Waals surface area contributed by atoms with E-state index in [0.717, 1.165) is 11.3 Å². The molecule has 22 heavy (non-hydrogen) atoms. The van der Waals surface area contributed by atoms with Gasteiger partial charge in [-0.25, -0.2) is 9.78 Å². The Morgan fingerprint density at radius 3 is 2.82 bits per heavy atom. The molecule has 0 amide bonds. The number of hydroxylamine groups is 1. The molecule has 0 radical (unpaired) electrons. The molecule has 2 N–H and O–H groups in total. The smallest absolute Gasteiger partial charge is 0.329 e. The second-order valence-electron chi connectivity index (χ2n) is 4.32. The van der Waals surface area contributed by atoms with E-state index in [1.807, 2.05) is 36.5 Å². The van der Waals surface area contributed by atoms with Gasteiger partial charge in [-0.3, -0.25) is 10.3 Å². The highest BCUT2D eigenvalue weighted by atomic mass is 16.7. The standard InChI is InChI=1S/C15H17N3O4/c19-15(20)11-21-8-9-22-17-14(10-18-7-6-16-12-18)13-4-2-1-3-5-13/h1-7,10,12,17H,8-9,11H2,(H,19,20). The van der Waals surface area contributed by atoms with Crippen LogP contribution in [-0.2, 0) is 14.4 Å². The van der Waals surface area contributed by atoms with E-state index in [1.165, 1.54) is 0 Å². The average molecular weight is 303 g/mol. The third kappa shape index (κ3) is 5.39. The number of aliphatic carboxylic acids is 1. The van der Waals surface area contributed by atoms with Gasteiger partial charge >= 0.3 is 5.97 Å². The molecule has 0 aliphatic rings. The van der Waals surface area contributed by atoms with Crippen LogP contribution < -0.4 is 5.48 Å². The highest BCUT2D eigenvalue weighted by Crippen LogP contribution is 2.12. The Hall–Kier alpha value is -2.64. The highest BCUT2D eigenvalue weighted by molar-refractivity contribution is 5.73. The Kier molecular flexibility index (Phi) is 6.16. The van der Waals surface area contributed by atoms with Crippen molar-refractivity contribution in [1.82, 2.24) is 15.0 Å². The lowest BCUT2D eigenvalue weighted by Gasteiger charge is -2.11. The lowest BCUT2D eigenvalue weighted by molar-refractivity contribution is -0.142. The van der Waals surface area contributed by atoms with E-state index >= 15 is 0 Å². The Morgan fingerprint density at radius 2 is 2.14 bits per heavy atom. The number of hydrogen-bond acceptors (Lipinski definition) is 5. The molecule has 0 spiro atoms. The van der Waals surface area contributed by atoms with Crippen LogP contribution in [0.2, 0.25) is 0 Å². The zero-order valence-corrected chi connectivity index (χ0v) is 11.9. The molecule has 116 valence electrons. The first-order chi connectivity index (χ1) is 10.8. The van der Waals surface area contributed by atoms with Crippen molar-refractivity contribution in [3.05, 3.63) is 54.6 Å². The van der Waals surface area contributed by atoms with Crippen LogP contribution in [0, 0.1) is 0 Å². The van der Waals surface area contributed by atoms with Crippen LogP contribution in [0.5, 0.6) is 0 Å². The minimum absolute atomic E-state index is 0.187. The van der Waals surface area contributed by atoms with Gasteiger partial charge in [-0.1, -0.05) is 30.3 Å². The number of rotatable bonds is 9. The molecule has 7 nitrogen and oxygen atoms in total. The van der Waals surface area contributed by atoms with Crippen LogP contribution >= 0.6 is 0 Å². The van der Waals surface area contributed by atoms with E-state index in [-0.39, 0.29) is 19.8 Å². The maximum atomic E-state index is 10.3. The van der Waals surface area contributed by atoms with Gasteiger partial charge in [0, 0.05) is 24.2 Å². The zero-order valence-electron chi connectivity index (χ0n) is 11.9. The van der Waals surface area contributed by atoms with E-state index in [2.05, 4.69) is 10.5 Å². The van der Waals surface area contributed by atoms with Crippen molar-refractivity contribution in [3.8, 4) is 0 Å². The summed E-state index contributed by atoms with van der Waals surface area (Å²) in [4.78, 5) is 19.6. The Morgan fingerprint density at radius 1 is 1.32 bits per heavy atom. The summed E-state index contributed by atoms with van der Waals surface area (Å²) in [6.45, 7) is 0.0770. The first kappa shape index (κ1) is 15.7. The quantitative estimate of drug-likeness (QED) is 0.539. The van der Waals surface area contributed by atoms with Crippen molar-refractivity contribution < 1.29 is 19.5 Å². The van der Waals surface area contributed by atoms with Crippen molar-refractivity contribution >= 4 is 17.9 Å². The average Bonchev–Trinajstić information content (AvgIpc) is 3.03. The predicted molar refractivity (Wildman–Crippen MR) is 80.4 cm³/mol. The molecule has 1 aromatic carbocycles. The minimum Gasteiger partial charge on any atom is -0.480 e. The minimum atomic E-state index is -1.00. The fraction of sp³-hybridized carbons (Fsp3) is 0.200. The number of hydrogen-bond donors (Lipinski definition) is 2. The molecule has 0 aliphatic carbocycles. The summed E-state index contributed by atoms with van der Waals surface area (Å²) < 4.78 is 6.68. The molecule has 0 saturated heterocycles. The molecule has 1 aromatic heterocycles. The number of benzene rings is 1. The first-order valence-corrected chi connectivity index (χ1v) is 6.68. The zero-order chi connectivity index (χ0) is 15.6. The molecule has 2 aromatic rings. The van der Waals surface area contributed by atoms with Crippen LogP contribution in [0.25, 0.3) is 11.9 Å². The monoisotopic (exact) mass is 303 g/mol. The molecule has 0 aliphatic heterocycles. The lowest BCUT2D eigenvalue weighted by atomic mass is 10.2. The molecule has 0 fully saturated rings. The van der Waals surface area contributed by atoms with E-state index in [4.69, 9.17) is 14.7 Å². The van der Waals surface area contributed by atoms with E-state index in [0.29, 0.717) is 0 Å². The summed E-state index contributed by atoms with van der Waals surface area (Å²) in [7, 11) is 0. The summed E-state index contributed by atoms with van der Waals surface area (Å²) in [6.07, 6.45) is 6.99. The molecule has 1 heterocycles. The third-order valence-electron chi connectivity index (χ3n) is 2.63. The topological polar surface area (TPSA) is 85.6 Å². The fourth-order valence-corrected chi connectivity index (χ4v) is 1.66. The molecule has 0 saturated carbocycles. The SMILES string of the molecule is O=C(O)COCCONC(=Cn1ccnc1)c1ccccc1. The van der Waals surface area contributed by atoms with Crippen molar-refractivity contribution in [1.29, 1.82) is 0 Å². The van der Waals surface area contributed by atoms with Gasteiger partial charge in [0.2, 0.25) is 0 Å². The van der Waals surface area contributed by atoms with Gasteiger partial charge < -0.3 is 14.4 Å². The number of carbonyl (C=O) groups is 1. The van der Waals surface area contributed by atoms with Crippen LogP contribution in [0.3, 0.4) is 0 Å². The molecule has 0 bridgehead atoms. The van der Waals surface area contributed by atoms with E-state index in [1.54, 1.807) is 23.3 Å². The van der Waals surface area contributed by atoms with Gasteiger partial charge in [0.05, 0.1) is 25.2 Å². The maximum absolute atomic E-state index is 10.3. The van der Waals surface area contributed by atoms with Crippen LogP contribution in [0.1, 0.15) is 5.56 Å². The van der Waals surface area contributed by atoms with E-state index < -0.39 is 5.97 Å². The van der Waals surface area contributed by atoms with Crippen molar-refractivity contribution in [2.75, 3.05) is 19.8 Å². The summed E-state index contributed by atoms with van der Waals surface area (Å²) in [5.41, 5.74) is 4.54. The number of carboxylic acid groups (broad SMARTS) is 1. The lowest BCUT2D eigenvalue weighted by Crippen LogP contribution is -2.18. The first-order valence-electron chi connectivity index (χ1n) is 6.68. The normalized spacial score (nSPS) is 11.4. The summed E-state index contributed by atoms with van der Waals surface area (Å²) >= 11 is 0. The number of nitrogens with one attached hydrogen (secondary N) is 1. The number of imidazole rings is 1. The van der Waals surface area contributed by atoms with Crippen molar-refractivity contribution in [3.63, 3.8) is 0 Å². The number of carboxylic acids is 1. The largest absolute Gasteiger partial charge is 0.480 e. The van der Waals surface area contributed by atoms with Gasteiger partial charge in [0.25, 0.3) is 0 Å².